The van der Waals surface area contributed by atoms with Gasteiger partial charge in [-0.05, 0) is 51.3 Å². The van der Waals surface area contributed by atoms with E-state index in [1.165, 1.54) is 0 Å². The van der Waals surface area contributed by atoms with E-state index in [1.807, 2.05) is 0 Å². The Kier molecular flexibility index (Phi) is 4.51. The SMILES string of the molecule is CC(C)(C)N1CC2CCC(C1)N2S(=O)(=O)Cc1ccc(Cl)cc1. The van der Waals surface area contributed by atoms with E-state index in [-0.39, 0.29) is 23.4 Å². The monoisotopic (exact) mass is 356 g/mol. The average molecular weight is 357 g/mol. The van der Waals surface area contributed by atoms with Gasteiger partial charge in [-0.2, -0.15) is 4.31 Å². The lowest BCUT2D eigenvalue weighted by Gasteiger charge is -2.46. The summed E-state index contributed by atoms with van der Waals surface area (Å²) in [5, 5.41) is 0.630. The minimum Gasteiger partial charge on any atom is -0.295 e. The second-order valence-electron chi connectivity index (χ2n) is 7.67. The van der Waals surface area contributed by atoms with Crippen molar-refractivity contribution in [2.45, 2.75) is 57.0 Å². The molecule has 1 aromatic rings. The quantitative estimate of drug-likeness (QED) is 0.835. The van der Waals surface area contributed by atoms with Crippen molar-refractivity contribution in [3.8, 4) is 0 Å². The number of hydrogen-bond acceptors (Lipinski definition) is 3. The summed E-state index contributed by atoms with van der Waals surface area (Å²) in [6.07, 6.45) is 1.94. The molecule has 2 unspecified atom stereocenters. The van der Waals surface area contributed by atoms with Crippen molar-refractivity contribution < 1.29 is 8.42 Å². The first kappa shape index (κ1) is 17.2. The fraction of sp³-hybridized carbons (Fsp3) is 0.647. The minimum absolute atomic E-state index is 0.0622. The van der Waals surface area contributed by atoms with E-state index in [0.29, 0.717) is 5.02 Å². The van der Waals surface area contributed by atoms with Crippen LogP contribution in [0, 0.1) is 0 Å². The van der Waals surface area contributed by atoms with Crippen LogP contribution in [0.4, 0.5) is 0 Å². The van der Waals surface area contributed by atoms with Gasteiger partial charge >= 0.3 is 0 Å². The van der Waals surface area contributed by atoms with Crippen molar-refractivity contribution in [1.82, 2.24) is 9.21 Å². The highest BCUT2D eigenvalue weighted by Crippen LogP contribution is 2.36. The Morgan fingerprint density at radius 3 is 2.09 bits per heavy atom. The van der Waals surface area contributed by atoms with Gasteiger partial charge in [-0.25, -0.2) is 8.42 Å². The zero-order valence-corrected chi connectivity index (χ0v) is 15.6. The van der Waals surface area contributed by atoms with Gasteiger partial charge in [0.1, 0.15) is 0 Å². The molecule has 2 atom stereocenters. The molecule has 128 valence electrons. The highest BCUT2D eigenvalue weighted by molar-refractivity contribution is 7.88. The van der Waals surface area contributed by atoms with Crippen LogP contribution in [-0.4, -0.2) is 48.3 Å². The van der Waals surface area contributed by atoms with Crippen molar-refractivity contribution in [2.75, 3.05) is 13.1 Å². The van der Waals surface area contributed by atoms with Gasteiger partial charge in [0.05, 0.1) is 5.75 Å². The number of likely N-dealkylation sites (tertiary alicyclic amines) is 1. The van der Waals surface area contributed by atoms with Gasteiger partial charge in [0.2, 0.25) is 10.0 Å². The van der Waals surface area contributed by atoms with E-state index in [4.69, 9.17) is 11.6 Å². The average Bonchev–Trinajstić information content (AvgIpc) is 2.72. The lowest BCUT2D eigenvalue weighted by molar-refractivity contribution is 0.0546. The Morgan fingerprint density at radius 2 is 1.61 bits per heavy atom. The number of sulfonamides is 1. The maximum Gasteiger partial charge on any atom is 0.218 e. The number of rotatable bonds is 3. The predicted molar refractivity (Wildman–Crippen MR) is 94.1 cm³/mol. The van der Waals surface area contributed by atoms with E-state index in [0.717, 1.165) is 31.5 Å². The number of fused-ring (bicyclic) bond motifs is 2. The summed E-state index contributed by atoms with van der Waals surface area (Å²) in [6.45, 7) is 8.26. The second kappa shape index (κ2) is 6.03. The first-order valence-corrected chi connectivity index (χ1v) is 10.2. The van der Waals surface area contributed by atoms with Gasteiger partial charge < -0.3 is 0 Å². The predicted octanol–water partition coefficient (Wildman–Crippen LogP) is 3.12. The van der Waals surface area contributed by atoms with Crippen LogP contribution in [-0.2, 0) is 15.8 Å². The molecule has 1 aromatic carbocycles. The van der Waals surface area contributed by atoms with E-state index >= 15 is 0 Å². The number of benzene rings is 1. The van der Waals surface area contributed by atoms with Crippen LogP contribution < -0.4 is 0 Å². The van der Waals surface area contributed by atoms with E-state index in [2.05, 4.69) is 25.7 Å². The van der Waals surface area contributed by atoms with Crippen molar-refractivity contribution in [3.05, 3.63) is 34.9 Å². The number of nitrogens with zero attached hydrogens (tertiary/aromatic N) is 2. The summed E-state index contributed by atoms with van der Waals surface area (Å²) in [5.41, 5.74) is 0.888. The molecule has 2 heterocycles. The topological polar surface area (TPSA) is 40.6 Å². The van der Waals surface area contributed by atoms with Crippen molar-refractivity contribution in [1.29, 1.82) is 0 Å². The highest BCUT2D eigenvalue weighted by atomic mass is 35.5. The Labute approximate surface area is 144 Å². The van der Waals surface area contributed by atoms with E-state index in [1.54, 1.807) is 28.6 Å². The second-order valence-corrected chi connectivity index (χ2v) is 9.98. The molecule has 23 heavy (non-hydrogen) atoms. The normalized spacial score (nSPS) is 26.6. The maximum atomic E-state index is 12.9. The molecule has 2 aliphatic heterocycles. The highest BCUT2D eigenvalue weighted by Gasteiger charge is 2.47. The molecule has 2 saturated heterocycles. The van der Waals surface area contributed by atoms with Crippen LogP contribution in [0.3, 0.4) is 0 Å². The maximum absolute atomic E-state index is 12.9. The molecular formula is C17H25ClN2O2S. The van der Waals surface area contributed by atoms with Gasteiger partial charge in [0.25, 0.3) is 0 Å². The summed E-state index contributed by atoms with van der Waals surface area (Å²) in [6, 6.07) is 7.33. The summed E-state index contributed by atoms with van der Waals surface area (Å²) >= 11 is 5.88. The summed E-state index contributed by atoms with van der Waals surface area (Å²) in [7, 11) is -3.29. The Bertz CT molecular complexity index is 653. The van der Waals surface area contributed by atoms with Crippen LogP contribution in [0.2, 0.25) is 5.02 Å². The third-order valence-corrected chi connectivity index (χ3v) is 7.14. The van der Waals surface area contributed by atoms with Crippen LogP contribution in [0.15, 0.2) is 24.3 Å². The number of halogens is 1. The molecule has 0 aromatic heterocycles. The lowest BCUT2D eigenvalue weighted by atomic mass is 10.0. The third kappa shape index (κ3) is 3.58. The van der Waals surface area contributed by atoms with Crippen molar-refractivity contribution in [2.24, 2.45) is 0 Å². The van der Waals surface area contributed by atoms with Gasteiger partial charge in [-0.1, -0.05) is 23.7 Å². The van der Waals surface area contributed by atoms with Gasteiger partial charge in [-0.15, -0.1) is 0 Å². The molecule has 4 nitrogen and oxygen atoms in total. The van der Waals surface area contributed by atoms with Crippen molar-refractivity contribution >= 4 is 21.6 Å². The fourth-order valence-electron chi connectivity index (χ4n) is 3.73. The van der Waals surface area contributed by atoms with Gasteiger partial charge in [0.15, 0.2) is 0 Å². The van der Waals surface area contributed by atoms with Gasteiger partial charge in [-0.3, -0.25) is 4.90 Å². The Morgan fingerprint density at radius 1 is 1.09 bits per heavy atom. The zero-order chi connectivity index (χ0) is 16.8. The summed E-state index contributed by atoms with van der Waals surface area (Å²) in [5.74, 6) is 0.0622. The Balaban J connectivity index is 1.78. The largest absolute Gasteiger partial charge is 0.295 e. The van der Waals surface area contributed by atoms with Crippen LogP contribution in [0.5, 0.6) is 0 Å². The molecule has 0 N–H and O–H groups in total. The summed E-state index contributed by atoms with van der Waals surface area (Å²) in [4.78, 5) is 2.42. The minimum atomic E-state index is -3.29. The van der Waals surface area contributed by atoms with Crippen LogP contribution in [0.25, 0.3) is 0 Å². The Hall–Kier alpha value is -0.620. The smallest absolute Gasteiger partial charge is 0.218 e. The number of hydrogen-bond donors (Lipinski definition) is 0. The lowest BCUT2D eigenvalue weighted by Crippen LogP contribution is -2.60. The van der Waals surface area contributed by atoms with Crippen LogP contribution >= 0.6 is 11.6 Å². The van der Waals surface area contributed by atoms with Crippen LogP contribution in [0.1, 0.15) is 39.2 Å². The zero-order valence-electron chi connectivity index (χ0n) is 14.0. The molecule has 2 fully saturated rings. The molecule has 0 saturated carbocycles. The van der Waals surface area contributed by atoms with Gasteiger partial charge in [0, 0.05) is 35.7 Å². The first-order valence-electron chi connectivity index (χ1n) is 8.17. The molecule has 0 radical (unpaired) electrons. The molecule has 6 heteroatoms. The third-order valence-electron chi connectivity index (χ3n) is 4.95. The fourth-order valence-corrected chi connectivity index (χ4v) is 5.87. The molecule has 3 rings (SSSR count). The molecule has 0 aliphatic carbocycles. The molecule has 2 bridgehead atoms. The summed E-state index contributed by atoms with van der Waals surface area (Å²) < 4.78 is 27.7. The first-order chi connectivity index (χ1) is 10.7. The molecule has 0 amide bonds. The van der Waals surface area contributed by atoms with E-state index < -0.39 is 10.0 Å². The number of piperazine rings is 1. The molecule has 0 spiro atoms. The van der Waals surface area contributed by atoms with E-state index in [9.17, 15) is 8.42 Å². The molecule has 2 aliphatic rings. The van der Waals surface area contributed by atoms with Crippen molar-refractivity contribution in [3.63, 3.8) is 0 Å². The molecular weight excluding hydrogens is 332 g/mol. The standard InChI is InChI=1S/C17H25ClN2O2S/c1-17(2,3)19-10-15-8-9-16(11-19)20(15)23(21,22)12-13-4-6-14(18)7-5-13/h4-7,15-16H,8-12H2,1-3H3.